The molecular weight excluding hydrogens is 224 g/mol. The Morgan fingerprint density at radius 2 is 2.00 bits per heavy atom. The van der Waals surface area contributed by atoms with Crippen LogP contribution in [0.3, 0.4) is 0 Å². The highest BCUT2D eigenvalue weighted by Crippen LogP contribution is 2.14. The summed E-state index contributed by atoms with van der Waals surface area (Å²) in [4.78, 5) is 2.31. The molecule has 1 aromatic carbocycles. The molecule has 0 amide bonds. The third kappa shape index (κ3) is 3.64. The number of nitrogens with one attached hydrogen (secondary N) is 2. The first-order valence-electron chi connectivity index (χ1n) is 5.88. The molecule has 1 aliphatic heterocycles. The molecule has 1 aromatic rings. The van der Waals surface area contributed by atoms with E-state index >= 15 is 0 Å². The highest BCUT2D eigenvalue weighted by atomic mass is 19.1. The summed E-state index contributed by atoms with van der Waals surface area (Å²) in [6.07, 6.45) is 0. The Morgan fingerprint density at radius 1 is 1.24 bits per heavy atom. The van der Waals surface area contributed by atoms with E-state index in [1.54, 1.807) is 0 Å². The Bertz CT molecular complexity index is 365. The summed E-state index contributed by atoms with van der Waals surface area (Å²) in [5.41, 5.74) is 0.363. The van der Waals surface area contributed by atoms with Gasteiger partial charge in [0.2, 0.25) is 0 Å². The number of benzene rings is 1. The molecule has 0 atom stereocenters. The minimum Gasteiger partial charge on any atom is -0.381 e. The smallest absolute Gasteiger partial charge is 0.149 e. The van der Waals surface area contributed by atoms with Crippen LogP contribution in [0.1, 0.15) is 0 Å². The SMILES string of the molecule is Fc1ccc(NCCN2CCNCC2)c(F)c1. The van der Waals surface area contributed by atoms with Crippen molar-refractivity contribution in [2.75, 3.05) is 44.6 Å². The molecule has 0 unspecified atom stereocenters. The van der Waals surface area contributed by atoms with Crippen LogP contribution >= 0.6 is 0 Å². The fourth-order valence-corrected chi connectivity index (χ4v) is 1.92. The van der Waals surface area contributed by atoms with Gasteiger partial charge in [-0.15, -0.1) is 0 Å². The van der Waals surface area contributed by atoms with E-state index in [-0.39, 0.29) is 0 Å². The topological polar surface area (TPSA) is 27.3 Å². The van der Waals surface area contributed by atoms with Crippen LogP contribution in [-0.4, -0.2) is 44.2 Å². The second-order valence-electron chi connectivity index (χ2n) is 4.14. The molecule has 94 valence electrons. The summed E-state index contributed by atoms with van der Waals surface area (Å²) in [5.74, 6) is -1.08. The number of rotatable bonds is 4. The van der Waals surface area contributed by atoms with Gasteiger partial charge in [0.25, 0.3) is 0 Å². The highest BCUT2D eigenvalue weighted by molar-refractivity contribution is 5.44. The summed E-state index contributed by atoms with van der Waals surface area (Å²) >= 11 is 0. The van der Waals surface area contributed by atoms with E-state index in [0.717, 1.165) is 38.8 Å². The van der Waals surface area contributed by atoms with Crippen molar-refractivity contribution in [3.05, 3.63) is 29.8 Å². The minimum atomic E-state index is -0.546. The van der Waals surface area contributed by atoms with Crippen LogP contribution in [0.15, 0.2) is 18.2 Å². The van der Waals surface area contributed by atoms with Crippen LogP contribution < -0.4 is 10.6 Å². The van der Waals surface area contributed by atoms with Crippen molar-refractivity contribution in [2.45, 2.75) is 0 Å². The zero-order chi connectivity index (χ0) is 12.1. The van der Waals surface area contributed by atoms with Gasteiger partial charge in [-0.2, -0.15) is 0 Å². The van der Waals surface area contributed by atoms with Gasteiger partial charge in [-0.3, -0.25) is 4.90 Å². The molecule has 0 bridgehead atoms. The number of hydrogen-bond acceptors (Lipinski definition) is 3. The summed E-state index contributed by atoms with van der Waals surface area (Å²) in [6.45, 7) is 5.60. The van der Waals surface area contributed by atoms with E-state index in [1.165, 1.54) is 12.1 Å². The van der Waals surface area contributed by atoms with Crippen LogP contribution in [0.4, 0.5) is 14.5 Å². The molecule has 3 nitrogen and oxygen atoms in total. The lowest BCUT2D eigenvalue weighted by atomic mass is 10.3. The van der Waals surface area contributed by atoms with Gasteiger partial charge in [-0.25, -0.2) is 8.78 Å². The first-order valence-corrected chi connectivity index (χ1v) is 5.88. The van der Waals surface area contributed by atoms with Crippen LogP contribution in [0, 0.1) is 11.6 Å². The Balaban J connectivity index is 1.77. The van der Waals surface area contributed by atoms with E-state index in [1.807, 2.05) is 0 Å². The van der Waals surface area contributed by atoms with Crippen LogP contribution in [-0.2, 0) is 0 Å². The number of hydrogen-bond donors (Lipinski definition) is 2. The summed E-state index contributed by atoms with van der Waals surface area (Å²) in [7, 11) is 0. The second-order valence-corrected chi connectivity index (χ2v) is 4.14. The summed E-state index contributed by atoms with van der Waals surface area (Å²) in [5, 5.41) is 6.26. The Morgan fingerprint density at radius 3 is 2.71 bits per heavy atom. The first kappa shape index (κ1) is 12.3. The standard InChI is InChI=1S/C12H17F2N3/c13-10-1-2-12(11(14)9-10)16-5-8-17-6-3-15-4-7-17/h1-2,9,15-16H,3-8H2. The predicted molar refractivity (Wildman–Crippen MR) is 64.2 cm³/mol. The van der Waals surface area contributed by atoms with Crippen LogP contribution in [0.5, 0.6) is 0 Å². The predicted octanol–water partition coefficient (Wildman–Crippen LogP) is 1.28. The van der Waals surface area contributed by atoms with Crippen LogP contribution in [0.2, 0.25) is 0 Å². The molecule has 1 aliphatic rings. The maximum atomic E-state index is 13.3. The molecule has 2 rings (SSSR count). The average molecular weight is 241 g/mol. The maximum Gasteiger partial charge on any atom is 0.149 e. The largest absolute Gasteiger partial charge is 0.381 e. The Labute approximate surface area is 99.8 Å². The third-order valence-electron chi connectivity index (χ3n) is 2.88. The normalized spacial score (nSPS) is 17.1. The number of anilines is 1. The van der Waals surface area contributed by atoms with E-state index in [0.29, 0.717) is 12.2 Å². The fraction of sp³-hybridized carbons (Fsp3) is 0.500. The highest BCUT2D eigenvalue weighted by Gasteiger charge is 2.09. The molecule has 0 spiro atoms. The third-order valence-corrected chi connectivity index (χ3v) is 2.88. The molecule has 0 aromatic heterocycles. The zero-order valence-electron chi connectivity index (χ0n) is 9.68. The summed E-state index contributed by atoms with van der Waals surface area (Å²) in [6, 6.07) is 3.59. The maximum absolute atomic E-state index is 13.3. The average Bonchev–Trinajstić information content (AvgIpc) is 2.33. The van der Waals surface area contributed by atoms with Gasteiger partial charge < -0.3 is 10.6 Å². The van der Waals surface area contributed by atoms with Gasteiger partial charge in [-0.05, 0) is 12.1 Å². The van der Waals surface area contributed by atoms with Gasteiger partial charge in [0.1, 0.15) is 11.6 Å². The molecule has 1 saturated heterocycles. The Kier molecular flexibility index (Phi) is 4.28. The quantitative estimate of drug-likeness (QED) is 0.831. The molecule has 0 aliphatic carbocycles. The van der Waals surface area contributed by atoms with Crippen molar-refractivity contribution in [3.8, 4) is 0 Å². The van der Waals surface area contributed by atoms with Crippen molar-refractivity contribution in [1.82, 2.24) is 10.2 Å². The van der Waals surface area contributed by atoms with Crippen molar-refractivity contribution in [2.24, 2.45) is 0 Å². The molecule has 0 radical (unpaired) electrons. The first-order chi connectivity index (χ1) is 8.25. The van der Waals surface area contributed by atoms with Crippen molar-refractivity contribution >= 4 is 5.69 Å². The molecule has 1 heterocycles. The number of piperazine rings is 1. The summed E-state index contributed by atoms with van der Waals surface area (Å²) < 4.78 is 26.0. The number of nitrogens with zero attached hydrogens (tertiary/aromatic N) is 1. The lowest BCUT2D eigenvalue weighted by Crippen LogP contribution is -2.45. The molecule has 2 N–H and O–H groups in total. The van der Waals surface area contributed by atoms with Gasteiger partial charge >= 0.3 is 0 Å². The Hall–Kier alpha value is -1.20. The van der Waals surface area contributed by atoms with E-state index < -0.39 is 11.6 Å². The minimum absolute atomic E-state index is 0.363. The van der Waals surface area contributed by atoms with Gasteiger partial charge in [0, 0.05) is 45.3 Å². The van der Waals surface area contributed by atoms with Crippen molar-refractivity contribution in [3.63, 3.8) is 0 Å². The number of halogens is 2. The molecule has 17 heavy (non-hydrogen) atoms. The molecule has 0 saturated carbocycles. The van der Waals surface area contributed by atoms with E-state index in [9.17, 15) is 8.78 Å². The second kappa shape index (κ2) is 5.93. The lowest BCUT2D eigenvalue weighted by molar-refractivity contribution is 0.249. The van der Waals surface area contributed by atoms with Gasteiger partial charge in [0.05, 0.1) is 5.69 Å². The lowest BCUT2D eigenvalue weighted by Gasteiger charge is -2.27. The molecule has 5 heteroatoms. The van der Waals surface area contributed by atoms with Gasteiger partial charge in [-0.1, -0.05) is 0 Å². The van der Waals surface area contributed by atoms with Crippen molar-refractivity contribution < 1.29 is 8.78 Å². The van der Waals surface area contributed by atoms with E-state index in [2.05, 4.69) is 15.5 Å². The van der Waals surface area contributed by atoms with Gasteiger partial charge in [0.15, 0.2) is 0 Å². The fourth-order valence-electron chi connectivity index (χ4n) is 1.92. The zero-order valence-corrected chi connectivity index (χ0v) is 9.68. The van der Waals surface area contributed by atoms with Crippen molar-refractivity contribution in [1.29, 1.82) is 0 Å². The molecular formula is C12H17F2N3. The monoisotopic (exact) mass is 241 g/mol. The van der Waals surface area contributed by atoms with Crippen LogP contribution in [0.25, 0.3) is 0 Å². The molecule has 1 fully saturated rings. The van der Waals surface area contributed by atoms with E-state index in [4.69, 9.17) is 0 Å².